The molecule has 0 radical (unpaired) electrons. The van der Waals surface area contributed by atoms with Crippen molar-refractivity contribution < 1.29 is 28.2 Å². The van der Waals surface area contributed by atoms with E-state index < -0.39 is 24.3 Å². The predicted octanol–water partition coefficient (Wildman–Crippen LogP) is 3.83. The number of carbonyl (C=O) groups is 2. The van der Waals surface area contributed by atoms with Crippen LogP contribution in [0.5, 0.6) is 11.5 Å². The van der Waals surface area contributed by atoms with Crippen LogP contribution in [0.2, 0.25) is 5.02 Å². The van der Waals surface area contributed by atoms with Gasteiger partial charge < -0.3 is 19.5 Å². The number of amides is 1. The molecule has 0 saturated heterocycles. The normalized spacial score (nSPS) is 10.2. The number of benzene rings is 2. The molecule has 0 aliphatic carbocycles. The Hall–Kier alpha value is -2.80. The lowest BCUT2D eigenvalue weighted by Gasteiger charge is -2.11. The van der Waals surface area contributed by atoms with Crippen LogP contribution < -0.4 is 14.8 Å². The highest BCUT2D eigenvalue weighted by atomic mass is 35.5. The summed E-state index contributed by atoms with van der Waals surface area (Å²) in [5.74, 6) is -0.837. The highest BCUT2D eigenvalue weighted by Crippen LogP contribution is 2.26. The summed E-state index contributed by atoms with van der Waals surface area (Å²) in [6.45, 7) is 1.87. The molecule has 0 unspecified atom stereocenters. The third-order valence-corrected chi connectivity index (χ3v) is 3.51. The van der Waals surface area contributed by atoms with Gasteiger partial charge in [0, 0.05) is 5.02 Å². The lowest BCUT2D eigenvalue weighted by Crippen LogP contribution is -2.22. The summed E-state index contributed by atoms with van der Waals surface area (Å²) in [6.07, 6.45) is -0.0563. The first kappa shape index (κ1) is 20.5. The van der Waals surface area contributed by atoms with Crippen molar-refractivity contribution in [1.29, 1.82) is 0 Å². The number of carbonyl (C=O) groups excluding carboxylic acids is 2. The summed E-state index contributed by atoms with van der Waals surface area (Å²) >= 11 is 5.74. The van der Waals surface area contributed by atoms with Gasteiger partial charge in [-0.05, 0) is 37.3 Å². The monoisotopic (exact) mass is 395 g/mol. The average Bonchev–Trinajstić information content (AvgIpc) is 2.65. The zero-order chi connectivity index (χ0) is 19.6. The van der Waals surface area contributed by atoms with Crippen molar-refractivity contribution >= 4 is 29.2 Å². The van der Waals surface area contributed by atoms with Crippen molar-refractivity contribution in [3.05, 3.63) is 53.3 Å². The molecule has 2 aromatic carbocycles. The van der Waals surface area contributed by atoms with Crippen molar-refractivity contribution in [3.63, 3.8) is 0 Å². The van der Waals surface area contributed by atoms with E-state index in [-0.39, 0.29) is 23.7 Å². The third kappa shape index (κ3) is 6.79. The summed E-state index contributed by atoms with van der Waals surface area (Å²) in [5.41, 5.74) is -0.0839. The molecule has 0 atom stereocenters. The first-order chi connectivity index (χ1) is 13.0. The number of nitrogens with one attached hydrogen (secondary N) is 1. The molecule has 6 nitrogen and oxygen atoms in total. The van der Waals surface area contributed by atoms with Crippen molar-refractivity contribution in [2.75, 3.05) is 25.1 Å². The van der Waals surface area contributed by atoms with Crippen LogP contribution in [0.1, 0.15) is 13.3 Å². The smallest absolute Gasteiger partial charge is 0.309 e. The molecule has 0 heterocycles. The average molecular weight is 396 g/mol. The number of rotatable bonds is 9. The predicted molar refractivity (Wildman–Crippen MR) is 98.7 cm³/mol. The summed E-state index contributed by atoms with van der Waals surface area (Å²) in [4.78, 5) is 23.5. The minimum absolute atomic E-state index is 0.0563. The van der Waals surface area contributed by atoms with Crippen LogP contribution in [0.4, 0.5) is 10.1 Å². The van der Waals surface area contributed by atoms with Gasteiger partial charge in [0.05, 0.1) is 25.3 Å². The number of hydrogen-bond donors (Lipinski definition) is 1. The van der Waals surface area contributed by atoms with Gasteiger partial charge >= 0.3 is 5.97 Å². The molecule has 0 fully saturated rings. The van der Waals surface area contributed by atoms with Crippen LogP contribution in [0.15, 0.2) is 42.5 Å². The molecule has 27 heavy (non-hydrogen) atoms. The summed E-state index contributed by atoms with van der Waals surface area (Å²) in [7, 11) is 0. The number of para-hydroxylation sites is 2. The fourth-order valence-corrected chi connectivity index (χ4v) is 2.26. The van der Waals surface area contributed by atoms with E-state index in [4.69, 9.17) is 25.8 Å². The molecule has 0 aliphatic rings. The van der Waals surface area contributed by atoms with E-state index >= 15 is 0 Å². The maximum absolute atomic E-state index is 13.5. The van der Waals surface area contributed by atoms with E-state index in [1.807, 2.05) is 13.0 Å². The minimum Gasteiger partial charge on any atom is -0.490 e. The Balaban J connectivity index is 1.73. The second-order valence-electron chi connectivity index (χ2n) is 5.31. The standard InChI is InChI=1S/C19H19ClFNO5/c1-2-25-16-5-3-4-6-17(16)26-10-9-19(24)27-12-18(23)22-15-11-13(20)7-8-14(15)21/h3-8,11H,2,9-10,12H2,1H3,(H,22,23). The van der Waals surface area contributed by atoms with Crippen molar-refractivity contribution in [2.45, 2.75) is 13.3 Å². The van der Waals surface area contributed by atoms with E-state index in [9.17, 15) is 14.0 Å². The molecule has 2 aromatic rings. The zero-order valence-electron chi connectivity index (χ0n) is 14.7. The van der Waals surface area contributed by atoms with E-state index in [0.29, 0.717) is 18.1 Å². The van der Waals surface area contributed by atoms with Gasteiger partial charge in [0.2, 0.25) is 0 Å². The van der Waals surface area contributed by atoms with E-state index in [0.717, 1.165) is 6.07 Å². The van der Waals surface area contributed by atoms with Crippen molar-refractivity contribution in [1.82, 2.24) is 0 Å². The van der Waals surface area contributed by atoms with Gasteiger partial charge in [0.25, 0.3) is 5.91 Å². The molecular formula is C19H19ClFNO5. The highest BCUT2D eigenvalue weighted by molar-refractivity contribution is 6.30. The third-order valence-electron chi connectivity index (χ3n) is 3.28. The van der Waals surface area contributed by atoms with Gasteiger partial charge in [-0.15, -0.1) is 0 Å². The number of halogens is 2. The molecule has 1 N–H and O–H groups in total. The van der Waals surface area contributed by atoms with E-state index in [2.05, 4.69) is 5.32 Å². The minimum atomic E-state index is -0.674. The fraction of sp³-hybridized carbons (Fsp3) is 0.263. The molecule has 0 spiro atoms. The van der Waals surface area contributed by atoms with Crippen LogP contribution in [-0.2, 0) is 14.3 Å². The second kappa shape index (κ2) is 10.4. The molecule has 8 heteroatoms. The second-order valence-corrected chi connectivity index (χ2v) is 5.75. The molecule has 1 amide bonds. The van der Waals surface area contributed by atoms with Gasteiger partial charge in [0.15, 0.2) is 18.1 Å². The zero-order valence-corrected chi connectivity index (χ0v) is 15.4. The Morgan fingerprint density at radius 1 is 1.11 bits per heavy atom. The molecule has 0 saturated carbocycles. The Kier molecular flexibility index (Phi) is 7.88. The highest BCUT2D eigenvalue weighted by Gasteiger charge is 2.11. The van der Waals surface area contributed by atoms with Gasteiger partial charge in [-0.25, -0.2) is 4.39 Å². The largest absolute Gasteiger partial charge is 0.490 e. The Morgan fingerprint density at radius 3 is 2.52 bits per heavy atom. The summed E-state index contributed by atoms with van der Waals surface area (Å²) < 4.78 is 29.3. The Labute approximate surface area is 161 Å². The van der Waals surface area contributed by atoms with Crippen molar-refractivity contribution in [3.8, 4) is 11.5 Å². The van der Waals surface area contributed by atoms with Crippen LogP contribution in [-0.4, -0.2) is 31.7 Å². The fourth-order valence-electron chi connectivity index (χ4n) is 2.09. The first-order valence-electron chi connectivity index (χ1n) is 8.24. The first-order valence-corrected chi connectivity index (χ1v) is 8.62. The quantitative estimate of drug-likeness (QED) is 0.653. The molecule has 2 rings (SSSR count). The van der Waals surface area contributed by atoms with E-state index in [1.54, 1.807) is 18.2 Å². The van der Waals surface area contributed by atoms with Crippen molar-refractivity contribution in [2.24, 2.45) is 0 Å². The van der Waals surface area contributed by atoms with Gasteiger partial charge in [-0.2, -0.15) is 0 Å². The summed E-state index contributed by atoms with van der Waals surface area (Å²) in [5, 5.41) is 2.56. The molecule has 0 aliphatic heterocycles. The SMILES string of the molecule is CCOc1ccccc1OCCC(=O)OCC(=O)Nc1cc(Cl)ccc1F. The Morgan fingerprint density at radius 2 is 1.81 bits per heavy atom. The van der Waals surface area contributed by atoms with Gasteiger partial charge in [-0.3, -0.25) is 9.59 Å². The molecular weight excluding hydrogens is 377 g/mol. The molecule has 0 bridgehead atoms. The molecule has 144 valence electrons. The number of esters is 1. The number of hydrogen-bond acceptors (Lipinski definition) is 5. The number of ether oxygens (including phenoxy) is 3. The van der Waals surface area contributed by atoms with Gasteiger partial charge in [0.1, 0.15) is 5.82 Å². The Bertz CT molecular complexity index is 799. The van der Waals surface area contributed by atoms with Gasteiger partial charge in [-0.1, -0.05) is 23.7 Å². The lowest BCUT2D eigenvalue weighted by atomic mass is 10.3. The summed E-state index contributed by atoms with van der Waals surface area (Å²) in [6, 6.07) is 10.8. The van der Waals surface area contributed by atoms with Crippen LogP contribution in [0.25, 0.3) is 0 Å². The topological polar surface area (TPSA) is 73.9 Å². The van der Waals surface area contributed by atoms with Crippen LogP contribution in [0, 0.1) is 5.82 Å². The number of anilines is 1. The maximum atomic E-state index is 13.5. The van der Waals surface area contributed by atoms with E-state index in [1.165, 1.54) is 12.1 Å². The maximum Gasteiger partial charge on any atom is 0.309 e. The van der Waals surface area contributed by atoms with Crippen LogP contribution >= 0.6 is 11.6 Å². The van der Waals surface area contributed by atoms with Crippen LogP contribution in [0.3, 0.4) is 0 Å². The lowest BCUT2D eigenvalue weighted by molar-refractivity contribution is -0.147. The molecule has 0 aromatic heterocycles.